The lowest BCUT2D eigenvalue weighted by atomic mass is 10.1. The number of nitrogens with two attached hydrogens (primary N) is 1. The minimum atomic E-state index is -0.0949. The molecular weight excluding hydrogens is 616 g/mol. The number of aromatic nitrogens is 4. The second kappa shape index (κ2) is 12.3. The predicted octanol–water partition coefficient (Wildman–Crippen LogP) is 4.53. The van der Waals surface area contributed by atoms with E-state index in [-0.39, 0.29) is 23.9 Å². The fourth-order valence-corrected chi connectivity index (χ4v) is 7.80. The molecule has 3 aliphatic rings. The van der Waals surface area contributed by atoms with Crippen LogP contribution in [-0.4, -0.2) is 93.6 Å². The molecule has 8 rings (SSSR count). The summed E-state index contributed by atoms with van der Waals surface area (Å²) in [5, 5.41) is 4.02. The Labute approximate surface area is 286 Å². The number of likely N-dealkylation sites (tertiary alicyclic amines) is 1. The summed E-state index contributed by atoms with van der Waals surface area (Å²) in [4.78, 5) is 41.0. The molecule has 3 fully saturated rings. The van der Waals surface area contributed by atoms with Gasteiger partial charge in [-0.3, -0.25) is 9.59 Å². The Morgan fingerprint density at radius 2 is 1.86 bits per heavy atom. The van der Waals surface area contributed by atoms with Gasteiger partial charge < -0.3 is 34.7 Å². The van der Waals surface area contributed by atoms with Gasteiger partial charge in [-0.15, -0.1) is 0 Å². The quantitative estimate of drug-likeness (QED) is 0.226. The predicted molar refractivity (Wildman–Crippen MR) is 191 cm³/mol. The van der Waals surface area contributed by atoms with Gasteiger partial charge in [0.05, 0.1) is 24.0 Å². The van der Waals surface area contributed by atoms with E-state index in [2.05, 4.69) is 26.6 Å². The Bertz CT molecular complexity index is 2090. The number of fused-ring (bicyclic) bond motifs is 4. The number of rotatable bonds is 10. The maximum atomic E-state index is 13.8. The van der Waals surface area contributed by atoms with E-state index < -0.39 is 0 Å². The molecule has 4 heterocycles. The zero-order valence-corrected chi connectivity index (χ0v) is 28.6. The smallest absolute Gasteiger partial charge is 0.254 e. The van der Waals surface area contributed by atoms with Crippen molar-refractivity contribution in [2.75, 3.05) is 40.8 Å². The first kappa shape index (κ1) is 31.5. The number of nitrogens with zero attached hydrogens (tertiary/aromatic N) is 6. The number of carbonyl (C=O) groups is 2. The first-order valence-electron chi connectivity index (χ1n) is 17.3. The summed E-state index contributed by atoms with van der Waals surface area (Å²) in [5.41, 5.74) is 12.7. The molecule has 2 aliphatic carbocycles. The van der Waals surface area contributed by atoms with Crippen LogP contribution < -0.4 is 15.8 Å². The Morgan fingerprint density at radius 3 is 2.57 bits per heavy atom. The summed E-state index contributed by atoms with van der Waals surface area (Å²) >= 11 is 0. The number of carbonyl (C=O) groups excluding carboxylic acids is 2. The molecule has 49 heavy (non-hydrogen) atoms. The van der Waals surface area contributed by atoms with Crippen molar-refractivity contribution in [1.82, 2.24) is 34.2 Å². The topological polar surface area (TPSA) is 124 Å². The van der Waals surface area contributed by atoms with Gasteiger partial charge in [-0.2, -0.15) is 0 Å². The molecule has 2 bridgehead atoms. The molecule has 254 valence electrons. The molecule has 11 nitrogen and oxygen atoms in total. The van der Waals surface area contributed by atoms with Crippen molar-refractivity contribution < 1.29 is 14.3 Å². The Hall–Kier alpha value is -4.74. The maximum absolute atomic E-state index is 13.8. The molecule has 11 heteroatoms. The highest BCUT2D eigenvalue weighted by molar-refractivity contribution is 6.00. The second-order valence-corrected chi connectivity index (χ2v) is 14.3. The Kier molecular flexibility index (Phi) is 7.91. The van der Waals surface area contributed by atoms with E-state index in [1.165, 1.54) is 12.8 Å². The number of hydrogen-bond donors (Lipinski definition) is 2. The summed E-state index contributed by atoms with van der Waals surface area (Å²) in [6.45, 7) is 2.90. The number of nitrogens with one attached hydrogen (secondary N) is 1. The zero-order valence-electron chi connectivity index (χ0n) is 28.6. The third kappa shape index (κ3) is 5.64. The van der Waals surface area contributed by atoms with Crippen molar-refractivity contribution in [3.05, 3.63) is 65.7 Å². The summed E-state index contributed by atoms with van der Waals surface area (Å²) in [6.07, 6.45) is 4.43. The number of imidazole rings is 1. The van der Waals surface area contributed by atoms with Crippen LogP contribution in [0.1, 0.15) is 46.4 Å². The van der Waals surface area contributed by atoms with Gasteiger partial charge in [0.1, 0.15) is 16.9 Å². The van der Waals surface area contributed by atoms with Crippen molar-refractivity contribution in [3.63, 3.8) is 0 Å². The highest BCUT2D eigenvalue weighted by atomic mass is 16.5. The van der Waals surface area contributed by atoms with Crippen LogP contribution in [0.25, 0.3) is 44.8 Å². The molecule has 3 atom stereocenters. The van der Waals surface area contributed by atoms with Crippen LogP contribution in [0.15, 0.2) is 54.6 Å². The van der Waals surface area contributed by atoms with Gasteiger partial charge in [-0.1, -0.05) is 12.1 Å². The van der Waals surface area contributed by atoms with Crippen LogP contribution in [0.4, 0.5) is 0 Å². The van der Waals surface area contributed by atoms with Crippen LogP contribution in [-0.2, 0) is 13.6 Å². The minimum Gasteiger partial charge on any atom is -0.494 e. The van der Waals surface area contributed by atoms with E-state index in [0.717, 1.165) is 65.3 Å². The first-order valence-corrected chi connectivity index (χ1v) is 17.3. The van der Waals surface area contributed by atoms with Gasteiger partial charge in [-0.05, 0) is 94.1 Å². The van der Waals surface area contributed by atoms with Gasteiger partial charge in [0, 0.05) is 67.4 Å². The second-order valence-electron chi connectivity index (χ2n) is 14.3. The lowest BCUT2D eigenvalue weighted by molar-refractivity contribution is 0.0700. The van der Waals surface area contributed by atoms with Crippen molar-refractivity contribution >= 4 is 33.9 Å². The number of amides is 2. The van der Waals surface area contributed by atoms with Crippen LogP contribution in [0.3, 0.4) is 0 Å². The standard InChI is InChI=1S/C38H44N8O3/c1-43(2)15-14-40-37(47)25-7-5-6-23(16-25)28-12-10-24-18-31(45(35(24)41-28)20-22-8-9-22)36-42-29-17-27(19-32(49-4)34(29)44(36)3)38(48)46-21-26-11-13-30(46)33(26)39/h5-7,10,12,16-19,22,26,30,33H,8-9,11,13-15,20-21,39H2,1-4H3,(H,40,47)/t26?,30?,33-/m1/s1. The van der Waals surface area contributed by atoms with Crippen LogP contribution >= 0.6 is 0 Å². The number of pyridine rings is 1. The van der Waals surface area contributed by atoms with Crippen molar-refractivity contribution in [2.24, 2.45) is 24.6 Å². The number of methoxy groups -OCH3 is 1. The van der Waals surface area contributed by atoms with E-state index in [9.17, 15) is 9.59 Å². The van der Waals surface area contributed by atoms with Gasteiger partial charge in [0.25, 0.3) is 11.8 Å². The minimum absolute atomic E-state index is 0.00950. The van der Waals surface area contributed by atoms with Crippen LogP contribution in [0.2, 0.25) is 0 Å². The number of aryl methyl sites for hydroxylation is 1. The summed E-state index contributed by atoms with van der Waals surface area (Å²) < 4.78 is 10.2. The number of likely N-dealkylation sites (N-methyl/N-ethyl adjacent to an activating group) is 1. The Morgan fingerprint density at radius 1 is 1.02 bits per heavy atom. The molecular formula is C38H44N8O3. The lowest BCUT2D eigenvalue weighted by Crippen LogP contribution is -2.41. The molecule has 2 unspecified atom stereocenters. The third-order valence-electron chi connectivity index (χ3n) is 10.7. The highest BCUT2D eigenvalue weighted by Gasteiger charge is 2.47. The number of piperidine rings is 1. The number of ether oxygens (including phenoxy) is 1. The molecule has 1 aliphatic heterocycles. The van der Waals surface area contributed by atoms with E-state index in [1.807, 2.05) is 73.4 Å². The van der Waals surface area contributed by atoms with Gasteiger partial charge in [-0.25, -0.2) is 9.97 Å². The Balaban J connectivity index is 1.16. The van der Waals surface area contributed by atoms with E-state index in [4.69, 9.17) is 20.4 Å². The molecule has 0 spiro atoms. The average molecular weight is 661 g/mol. The van der Waals surface area contributed by atoms with Crippen molar-refractivity contribution in [2.45, 2.75) is 44.3 Å². The molecule has 2 saturated carbocycles. The molecule has 3 aromatic heterocycles. The van der Waals surface area contributed by atoms with Gasteiger partial charge in [0.2, 0.25) is 0 Å². The first-order chi connectivity index (χ1) is 23.7. The largest absolute Gasteiger partial charge is 0.494 e. The molecule has 5 aromatic rings. The fraction of sp³-hybridized carbons (Fsp3) is 0.421. The van der Waals surface area contributed by atoms with Crippen LogP contribution in [0.5, 0.6) is 5.75 Å². The summed E-state index contributed by atoms with van der Waals surface area (Å²) in [6, 6.07) is 17.8. The lowest BCUT2D eigenvalue weighted by Gasteiger charge is -2.27. The van der Waals surface area contributed by atoms with E-state index >= 15 is 0 Å². The van der Waals surface area contributed by atoms with Gasteiger partial charge in [0.15, 0.2) is 5.82 Å². The fourth-order valence-electron chi connectivity index (χ4n) is 7.80. The molecule has 2 amide bonds. The highest BCUT2D eigenvalue weighted by Crippen LogP contribution is 2.40. The maximum Gasteiger partial charge on any atom is 0.254 e. The average Bonchev–Trinajstić information content (AvgIpc) is 3.51. The van der Waals surface area contributed by atoms with Crippen LogP contribution in [0, 0.1) is 11.8 Å². The third-order valence-corrected chi connectivity index (χ3v) is 10.7. The van der Waals surface area contributed by atoms with Crippen molar-refractivity contribution in [1.29, 1.82) is 0 Å². The molecule has 2 aromatic carbocycles. The molecule has 1 saturated heterocycles. The zero-order chi connectivity index (χ0) is 34.0. The van der Waals surface area contributed by atoms with E-state index in [0.29, 0.717) is 47.3 Å². The van der Waals surface area contributed by atoms with Crippen molar-refractivity contribution in [3.8, 4) is 28.5 Å². The molecule has 3 N–H and O–H groups in total. The SMILES string of the molecule is COc1cc(C(=O)N2CC3CCC2[C@@H]3N)cc2nc(-c3cc4ccc(-c5cccc(C(=O)NCCN(C)C)c5)nc4n3CC3CC3)n(C)c12. The summed E-state index contributed by atoms with van der Waals surface area (Å²) in [5.74, 6) is 2.27. The monoisotopic (exact) mass is 660 g/mol. The van der Waals surface area contributed by atoms with Gasteiger partial charge >= 0.3 is 0 Å². The number of hydrogen-bond acceptors (Lipinski definition) is 7. The van der Waals surface area contributed by atoms with E-state index in [1.54, 1.807) is 7.11 Å². The normalized spacial score (nSPS) is 20.2. The molecule has 0 radical (unpaired) electrons. The summed E-state index contributed by atoms with van der Waals surface area (Å²) in [7, 11) is 7.61. The number of benzene rings is 2.